The molecule has 0 saturated carbocycles. The van der Waals surface area contributed by atoms with Gasteiger partial charge in [0.05, 0.1) is 0 Å². The summed E-state index contributed by atoms with van der Waals surface area (Å²) in [5.41, 5.74) is 1.18. The topological polar surface area (TPSA) is 0 Å². The quantitative estimate of drug-likeness (QED) is 0.532. The fraction of sp³-hybridized carbons (Fsp3) is 0.273. The second-order valence-electron chi connectivity index (χ2n) is 1.94. The molecule has 0 N–H and O–H groups in total. The van der Waals surface area contributed by atoms with Gasteiger partial charge in [-0.1, -0.05) is 56.9 Å². The third-order valence-electron chi connectivity index (χ3n) is 1.24. The summed E-state index contributed by atoms with van der Waals surface area (Å²) in [5.74, 6) is 0. The maximum absolute atomic E-state index is 3.67. The van der Waals surface area contributed by atoms with Crippen molar-refractivity contribution >= 4 is 0 Å². The maximum atomic E-state index is 3.67. The highest BCUT2D eigenvalue weighted by Crippen LogP contribution is 2.03. The van der Waals surface area contributed by atoms with E-state index in [0.717, 1.165) is 6.42 Å². The molecule has 1 rings (SSSR count). The van der Waals surface area contributed by atoms with Gasteiger partial charge in [0, 0.05) is 0 Å². The van der Waals surface area contributed by atoms with E-state index < -0.39 is 0 Å². The van der Waals surface area contributed by atoms with E-state index in [1.54, 1.807) is 0 Å². The Morgan fingerprint density at radius 2 is 2.09 bits per heavy atom. The summed E-state index contributed by atoms with van der Waals surface area (Å²) in [7, 11) is 0. The standard InChI is InChI=1S/C9H10.C2H6/c1-2-9-7-5-3-4-6-8-9;1-2/h2-3,5-8H,1,4H2;1-2H3. The predicted molar refractivity (Wildman–Crippen MR) is 52.5 cm³/mol. The van der Waals surface area contributed by atoms with Crippen LogP contribution in [0.2, 0.25) is 0 Å². The SMILES string of the molecule is C=CC1=CC=CCC=C1.CC. The van der Waals surface area contributed by atoms with Crippen molar-refractivity contribution < 1.29 is 0 Å². The molecule has 0 nitrogen and oxygen atoms in total. The van der Waals surface area contributed by atoms with E-state index in [0.29, 0.717) is 0 Å². The summed E-state index contributed by atoms with van der Waals surface area (Å²) in [4.78, 5) is 0. The normalized spacial score (nSPS) is 14.2. The van der Waals surface area contributed by atoms with Crippen molar-refractivity contribution in [2.45, 2.75) is 20.3 Å². The molecule has 60 valence electrons. The van der Waals surface area contributed by atoms with Crippen LogP contribution >= 0.6 is 0 Å². The molecular weight excluding hydrogens is 132 g/mol. The third-order valence-corrected chi connectivity index (χ3v) is 1.24. The van der Waals surface area contributed by atoms with E-state index in [1.807, 2.05) is 19.9 Å². The van der Waals surface area contributed by atoms with Gasteiger partial charge < -0.3 is 0 Å². The molecule has 0 amide bonds. The molecule has 0 aromatic rings. The average molecular weight is 148 g/mol. The van der Waals surface area contributed by atoms with Crippen LogP contribution in [0.25, 0.3) is 0 Å². The minimum absolute atomic E-state index is 1.04. The molecule has 0 saturated heterocycles. The minimum Gasteiger partial charge on any atom is -0.0985 e. The zero-order valence-corrected chi connectivity index (χ0v) is 7.38. The van der Waals surface area contributed by atoms with Crippen LogP contribution in [0.5, 0.6) is 0 Å². The lowest BCUT2D eigenvalue weighted by atomic mass is 10.2. The lowest BCUT2D eigenvalue weighted by Gasteiger charge is -1.84. The van der Waals surface area contributed by atoms with Crippen LogP contribution < -0.4 is 0 Å². The zero-order chi connectivity index (χ0) is 8.53. The van der Waals surface area contributed by atoms with Crippen LogP contribution in [-0.2, 0) is 0 Å². The minimum atomic E-state index is 1.04. The Bertz CT molecular complexity index is 180. The second kappa shape index (κ2) is 7.07. The number of rotatable bonds is 1. The molecule has 0 aromatic carbocycles. The Hall–Kier alpha value is -1.04. The predicted octanol–water partition coefficient (Wildman–Crippen LogP) is 3.64. The van der Waals surface area contributed by atoms with E-state index in [4.69, 9.17) is 0 Å². The van der Waals surface area contributed by atoms with Gasteiger partial charge in [-0.2, -0.15) is 0 Å². The van der Waals surface area contributed by atoms with Crippen molar-refractivity contribution in [2.24, 2.45) is 0 Å². The summed E-state index contributed by atoms with van der Waals surface area (Å²) < 4.78 is 0. The zero-order valence-electron chi connectivity index (χ0n) is 7.38. The van der Waals surface area contributed by atoms with Crippen molar-refractivity contribution in [2.75, 3.05) is 0 Å². The van der Waals surface area contributed by atoms with Crippen molar-refractivity contribution in [3.05, 3.63) is 48.6 Å². The van der Waals surface area contributed by atoms with Gasteiger partial charge in [0.15, 0.2) is 0 Å². The molecule has 0 heterocycles. The molecule has 0 aliphatic heterocycles. The highest BCUT2D eigenvalue weighted by atomic mass is 13.9. The van der Waals surface area contributed by atoms with E-state index in [-0.39, 0.29) is 0 Å². The van der Waals surface area contributed by atoms with Crippen molar-refractivity contribution in [1.29, 1.82) is 0 Å². The van der Waals surface area contributed by atoms with E-state index in [2.05, 4.69) is 37.0 Å². The first-order chi connectivity index (χ1) is 5.43. The molecular formula is C11H16. The third kappa shape index (κ3) is 4.38. The number of allylic oxidation sites excluding steroid dienone is 7. The van der Waals surface area contributed by atoms with Crippen LogP contribution in [0.3, 0.4) is 0 Å². The Morgan fingerprint density at radius 1 is 1.36 bits per heavy atom. The summed E-state index contributed by atoms with van der Waals surface area (Å²) in [6.07, 6.45) is 13.3. The molecule has 1 aliphatic carbocycles. The van der Waals surface area contributed by atoms with Gasteiger partial charge >= 0.3 is 0 Å². The van der Waals surface area contributed by atoms with E-state index in [1.165, 1.54) is 5.57 Å². The first-order valence-corrected chi connectivity index (χ1v) is 4.09. The average Bonchev–Trinajstić information content (AvgIpc) is 2.35. The number of hydrogen-bond acceptors (Lipinski definition) is 0. The molecule has 0 bridgehead atoms. The van der Waals surface area contributed by atoms with Gasteiger partial charge in [-0.15, -0.1) is 0 Å². The largest absolute Gasteiger partial charge is 0.0985 e. The molecule has 0 heteroatoms. The maximum Gasteiger partial charge on any atom is -0.0163 e. The summed E-state index contributed by atoms with van der Waals surface area (Å²) in [6.45, 7) is 7.67. The Morgan fingerprint density at radius 3 is 2.73 bits per heavy atom. The van der Waals surface area contributed by atoms with Crippen LogP contribution in [0.15, 0.2) is 48.6 Å². The number of hydrogen-bond donors (Lipinski definition) is 0. The van der Waals surface area contributed by atoms with Crippen molar-refractivity contribution in [3.8, 4) is 0 Å². The summed E-state index contributed by atoms with van der Waals surface area (Å²) in [5, 5.41) is 0. The van der Waals surface area contributed by atoms with Crippen molar-refractivity contribution in [3.63, 3.8) is 0 Å². The van der Waals surface area contributed by atoms with Gasteiger partial charge in [0.25, 0.3) is 0 Å². The molecule has 0 aromatic heterocycles. The van der Waals surface area contributed by atoms with E-state index in [9.17, 15) is 0 Å². The monoisotopic (exact) mass is 148 g/mol. The molecule has 0 spiro atoms. The summed E-state index contributed by atoms with van der Waals surface area (Å²) in [6, 6.07) is 0. The van der Waals surface area contributed by atoms with Crippen LogP contribution in [0.4, 0.5) is 0 Å². The van der Waals surface area contributed by atoms with Crippen molar-refractivity contribution in [1.82, 2.24) is 0 Å². The molecule has 0 unspecified atom stereocenters. The molecule has 0 radical (unpaired) electrons. The first-order valence-electron chi connectivity index (χ1n) is 4.09. The van der Waals surface area contributed by atoms with Gasteiger partial charge in [-0.05, 0) is 12.0 Å². The highest BCUT2D eigenvalue weighted by Gasteiger charge is 1.83. The smallest absolute Gasteiger partial charge is 0.0163 e. The Kier molecular flexibility index (Phi) is 6.40. The fourth-order valence-corrected chi connectivity index (χ4v) is 0.732. The second-order valence-corrected chi connectivity index (χ2v) is 1.94. The first kappa shape index (κ1) is 9.96. The molecule has 0 fully saturated rings. The van der Waals surface area contributed by atoms with Gasteiger partial charge in [0.1, 0.15) is 0 Å². The highest BCUT2D eigenvalue weighted by molar-refractivity contribution is 5.34. The van der Waals surface area contributed by atoms with Crippen LogP contribution in [-0.4, -0.2) is 0 Å². The van der Waals surface area contributed by atoms with E-state index >= 15 is 0 Å². The van der Waals surface area contributed by atoms with Crippen LogP contribution in [0.1, 0.15) is 20.3 Å². The summed E-state index contributed by atoms with van der Waals surface area (Å²) >= 11 is 0. The van der Waals surface area contributed by atoms with Gasteiger partial charge in [-0.25, -0.2) is 0 Å². The fourth-order valence-electron chi connectivity index (χ4n) is 0.732. The Labute approximate surface area is 69.6 Å². The van der Waals surface area contributed by atoms with Gasteiger partial charge in [0.2, 0.25) is 0 Å². The van der Waals surface area contributed by atoms with Crippen LogP contribution in [0, 0.1) is 0 Å². The lowest BCUT2D eigenvalue weighted by molar-refractivity contribution is 1.40. The molecule has 1 aliphatic rings. The lowest BCUT2D eigenvalue weighted by Crippen LogP contribution is -1.63. The molecule has 0 atom stereocenters. The molecule has 11 heavy (non-hydrogen) atoms. The Balaban J connectivity index is 0.000000461. The van der Waals surface area contributed by atoms with Gasteiger partial charge in [-0.3, -0.25) is 0 Å².